The van der Waals surface area contributed by atoms with Gasteiger partial charge in [-0.25, -0.2) is 4.79 Å². The number of nitrogens with two attached hydrogens (primary N) is 2. The van der Waals surface area contributed by atoms with Gasteiger partial charge in [0.05, 0.1) is 6.54 Å². The lowest BCUT2D eigenvalue weighted by Crippen LogP contribution is -2.42. The van der Waals surface area contributed by atoms with Crippen LogP contribution in [0.2, 0.25) is 0 Å². The van der Waals surface area contributed by atoms with Crippen molar-refractivity contribution >= 4 is 17.6 Å². The third-order valence-electron chi connectivity index (χ3n) is 3.27. The highest BCUT2D eigenvalue weighted by Crippen LogP contribution is 2.37. The molecule has 0 saturated carbocycles. The molecule has 1 aromatic rings. The minimum absolute atomic E-state index is 0.126. The van der Waals surface area contributed by atoms with Gasteiger partial charge < -0.3 is 16.4 Å². The first-order valence-electron chi connectivity index (χ1n) is 6.25. The van der Waals surface area contributed by atoms with Gasteiger partial charge >= 0.3 is 6.03 Å². The van der Waals surface area contributed by atoms with E-state index in [1.54, 1.807) is 0 Å². The second-order valence-electron chi connectivity index (χ2n) is 4.63. The average molecular weight is 262 g/mol. The Morgan fingerprint density at radius 2 is 2.11 bits per heavy atom. The molecule has 0 aliphatic carbocycles. The minimum atomic E-state index is -0.823. The highest BCUT2D eigenvalue weighted by molar-refractivity contribution is 5.96. The zero-order valence-corrected chi connectivity index (χ0v) is 10.6. The Morgan fingerprint density at radius 1 is 1.37 bits per heavy atom. The normalized spacial score (nSPS) is 17.1. The summed E-state index contributed by atoms with van der Waals surface area (Å²) in [5, 5.41) is 2.08. The molecule has 19 heavy (non-hydrogen) atoms. The van der Waals surface area contributed by atoms with Crippen molar-refractivity contribution in [3.63, 3.8) is 0 Å². The van der Waals surface area contributed by atoms with E-state index in [0.29, 0.717) is 12.5 Å². The number of nitrogens with one attached hydrogen (secondary N) is 1. The summed E-state index contributed by atoms with van der Waals surface area (Å²) in [5.74, 6) is -0.0571. The Morgan fingerprint density at radius 3 is 2.79 bits per heavy atom. The highest BCUT2D eigenvalue weighted by Gasteiger charge is 2.28. The fourth-order valence-corrected chi connectivity index (χ4v) is 2.53. The smallest absolute Gasteiger partial charge is 0.318 e. The largest absolute Gasteiger partial charge is 0.361 e. The summed E-state index contributed by atoms with van der Waals surface area (Å²) in [6, 6.07) is 7.12. The van der Waals surface area contributed by atoms with Gasteiger partial charge in [-0.15, -0.1) is 0 Å². The van der Waals surface area contributed by atoms with Crippen LogP contribution in [0, 0.1) is 0 Å². The summed E-state index contributed by atoms with van der Waals surface area (Å²) in [5.41, 5.74) is 12.8. The number of hydrogen-bond acceptors (Lipinski definition) is 4. The molecule has 6 nitrogen and oxygen atoms in total. The van der Waals surface area contributed by atoms with Crippen LogP contribution in [0.25, 0.3) is 0 Å². The third-order valence-corrected chi connectivity index (χ3v) is 3.27. The molecule has 102 valence electrons. The molecule has 2 rings (SSSR count). The maximum absolute atomic E-state index is 11.6. The average Bonchev–Trinajstić information content (AvgIpc) is 2.68. The Labute approximate surface area is 111 Å². The number of nitrogens with zero attached hydrogens (tertiary/aromatic N) is 1. The van der Waals surface area contributed by atoms with Crippen molar-refractivity contribution in [1.29, 1.82) is 0 Å². The molecule has 1 unspecified atom stereocenters. The molecule has 0 fully saturated rings. The molecule has 5 N–H and O–H groups in total. The van der Waals surface area contributed by atoms with Crippen molar-refractivity contribution in [2.45, 2.75) is 12.3 Å². The van der Waals surface area contributed by atoms with Gasteiger partial charge in [0, 0.05) is 18.2 Å². The molecule has 0 radical (unpaired) electrons. The third kappa shape index (κ3) is 3.03. The number of anilines is 1. The van der Waals surface area contributed by atoms with E-state index in [1.807, 2.05) is 23.1 Å². The number of fused-ring (bicyclic) bond motifs is 1. The van der Waals surface area contributed by atoms with Crippen LogP contribution in [0.1, 0.15) is 17.9 Å². The van der Waals surface area contributed by atoms with E-state index in [0.717, 1.165) is 18.7 Å². The number of imide groups is 1. The zero-order chi connectivity index (χ0) is 13.8. The summed E-state index contributed by atoms with van der Waals surface area (Å²) < 4.78 is 0. The Bertz CT molecular complexity index is 489. The number of primary amides is 1. The molecule has 6 heteroatoms. The zero-order valence-electron chi connectivity index (χ0n) is 10.6. The van der Waals surface area contributed by atoms with Gasteiger partial charge in [-0.2, -0.15) is 0 Å². The van der Waals surface area contributed by atoms with E-state index in [9.17, 15) is 9.59 Å². The lowest BCUT2D eigenvalue weighted by atomic mass is 9.98. The van der Waals surface area contributed by atoms with E-state index in [2.05, 4.69) is 11.4 Å². The lowest BCUT2D eigenvalue weighted by molar-refractivity contribution is -0.118. The van der Waals surface area contributed by atoms with Crippen LogP contribution in [0.4, 0.5) is 10.5 Å². The quantitative estimate of drug-likeness (QED) is 0.718. The van der Waals surface area contributed by atoms with Crippen molar-refractivity contribution in [3.05, 3.63) is 29.8 Å². The van der Waals surface area contributed by atoms with Gasteiger partial charge in [0.1, 0.15) is 0 Å². The Hall–Kier alpha value is -2.08. The summed E-state index contributed by atoms with van der Waals surface area (Å²) in [4.78, 5) is 24.2. The van der Waals surface area contributed by atoms with Crippen molar-refractivity contribution < 1.29 is 9.59 Å². The van der Waals surface area contributed by atoms with Gasteiger partial charge in [-0.3, -0.25) is 10.1 Å². The first-order chi connectivity index (χ1) is 9.11. The van der Waals surface area contributed by atoms with Crippen LogP contribution < -0.4 is 21.7 Å². The van der Waals surface area contributed by atoms with Crippen LogP contribution in [-0.4, -0.2) is 31.6 Å². The standard InChI is InChI=1S/C13H18N4O2/c14-6-5-9-7-17(8-12(18)16-13(15)19)11-4-2-1-3-10(9)11/h1-4,9H,5-8,14H2,(H3,15,16,18,19). The number of rotatable bonds is 4. The van der Waals surface area contributed by atoms with Crippen LogP contribution in [0.5, 0.6) is 0 Å². The molecular weight excluding hydrogens is 244 g/mol. The lowest BCUT2D eigenvalue weighted by Gasteiger charge is -2.18. The molecular formula is C13H18N4O2. The Balaban J connectivity index is 2.11. The second kappa shape index (κ2) is 5.71. The van der Waals surface area contributed by atoms with Crippen LogP contribution >= 0.6 is 0 Å². The first-order valence-corrected chi connectivity index (χ1v) is 6.25. The predicted octanol–water partition coefficient (Wildman–Crippen LogP) is 0.134. The number of benzene rings is 1. The van der Waals surface area contributed by atoms with E-state index in [-0.39, 0.29) is 6.54 Å². The van der Waals surface area contributed by atoms with Crippen LogP contribution in [0.3, 0.4) is 0 Å². The van der Waals surface area contributed by atoms with Gasteiger partial charge in [-0.1, -0.05) is 18.2 Å². The minimum Gasteiger partial charge on any atom is -0.361 e. The van der Waals surface area contributed by atoms with Gasteiger partial charge in [0.2, 0.25) is 5.91 Å². The van der Waals surface area contributed by atoms with Crippen LogP contribution in [0.15, 0.2) is 24.3 Å². The maximum atomic E-state index is 11.6. The summed E-state index contributed by atoms with van der Waals surface area (Å²) in [7, 11) is 0. The molecule has 1 aromatic carbocycles. The molecule has 1 heterocycles. The molecule has 1 aliphatic heterocycles. The van der Waals surface area contributed by atoms with E-state index in [1.165, 1.54) is 5.56 Å². The molecule has 3 amide bonds. The summed E-state index contributed by atoms with van der Waals surface area (Å²) in [6.07, 6.45) is 0.880. The number of carbonyl (C=O) groups excluding carboxylic acids is 2. The Kier molecular flexibility index (Phi) is 4.01. The monoisotopic (exact) mass is 262 g/mol. The van der Waals surface area contributed by atoms with E-state index < -0.39 is 11.9 Å². The number of amides is 3. The van der Waals surface area contributed by atoms with Gasteiger partial charge in [0.25, 0.3) is 0 Å². The first kappa shape index (κ1) is 13.4. The molecule has 0 saturated heterocycles. The summed E-state index contributed by atoms with van der Waals surface area (Å²) in [6.45, 7) is 1.48. The van der Waals surface area contributed by atoms with Crippen molar-refractivity contribution in [2.75, 3.05) is 24.5 Å². The molecule has 1 atom stereocenters. The van der Waals surface area contributed by atoms with Crippen molar-refractivity contribution in [1.82, 2.24) is 5.32 Å². The number of para-hydroxylation sites is 1. The fourth-order valence-electron chi connectivity index (χ4n) is 2.53. The highest BCUT2D eigenvalue weighted by atomic mass is 16.2. The van der Waals surface area contributed by atoms with Gasteiger partial charge in [-0.05, 0) is 24.6 Å². The number of urea groups is 1. The number of hydrogen-bond donors (Lipinski definition) is 3. The SMILES string of the molecule is NCCC1CN(CC(=O)NC(N)=O)c2ccccc21. The molecule has 0 spiro atoms. The number of carbonyl (C=O) groups is 2. The maximum Gasteiger partial charge on any atom is 0.318 e. The topological polar surface area (TPSA) is 101 Å². The van der Waals surface area contributed by atoms with Crippen LogP contribution in [-0.2, 0) is 4.79 Å². The summed E-state index contributed by atoms with van der Waals surface area (Å²) >= 11 is 0. The van der Waals surface area contributed by atoms with E-state index in [4.69, 9.17) is 11.5 Å². The van der Waals surface area contributed by atoms with Crippen molar-refractivity contribution in [3.8, 4) is 0 Å². The molecule has 0 aromatic heterocycles. The molecule has 1 aliphatic rings. The van der Waals surface area contributed by atoms with Gasteiger partial charge in [0.15, 0.2) is 0 Å². The predicted molar refractivity (Wildman–Crippen MR) is 72.8 cm³/mol. The fraction of sp³-hybridized carbons (Fsp3) is 0.385. The van der Waals surface area contributed by atoms with Crippen molar-refractivity contribution in [2.24, 2.45) is 11.5 Å². The second-order valence-corrected chi connectivity index (χ2v) is 4.63. The van der Waals surface area contributed by atoms with E-state index >= 15 is 0 Å². The molecule has 0 bridgehead atoms.